The number of carbonyl (C=O) groups excluding carboxylic acids is 2. The molecule has 1 saturated heterocycles. The number of nitrogens with zero attached hydrogens (tertiary/aromatic N) is 1. The summed E-state index contributed by atoms with van der Waals surface area (Å²) < 4.78 is 5.54. The molecule has 2 aromatic rings. The van der Waals surface area contributed by atoms with Crippen LogP contribution >= 0.6 is 11.8 Å². The van der Waals surface area contributed by atoms with Gasteiger partial charge in [-0.15, -0.1) is 0 Å². The van der Waals surface area contributed by atoms with Gasteiger partial charge in [-0.1, -0.05) is 42.1 Å². The van der Waals surface area contributed by atoms with Gasteiger partial charge in [0.1, 0.15) is 0 Å². The lowest BCUT2D eigenvalue weighted by Gasteiger charge is -2.27. The SMILES string of the molecule is CN1C(=O)/C(=C\c2ccccc2)Sc2ccc(C(=O)NCC3CCCO3)cc21. The predicted octanol–water partition coefficient (Wildman–Crippen LogP) is 3.71. The quantitative estimate of drug-likeness (QED) is 0.804. The van der Waals surface area contributed by atoms with Crippen LogP contribution in [0.25, 0.3) is 6.08 Å². The van der Waals surface area contributed by atoms with E-state index >= 15 is 0 Å². The van der Waals surface area contributed by atoms with Crippen molar-refractivity contribution >= 4 is 35.3 Å². The summed E-state index contributed by atoms with van der Waals surface area (Å²) in [6.07, 6.45) is 4.03. The number of ether oxygens (including phenoxy) is 1. The second-order valence-corrected chi connectivity index (χ2v) is 8.00. The topological polar surface area (TPSA) is 58.6 Å². The van der Waals surface area contributed by atoms with E-state index in [0.29, 0.717) is 17.0 Å². The molecule has 1 fully saturated rings. The third-order valence-corrected chi connectivity index (χ3v) is 6.01. The Hall–Kier alpha value is -2.57. The van der Waals surface area contributed by atoms with Crippen molar-refractivity contribution in [3.05, 3.63) is 64.6 Å². The minimum absolute atomic E-state index is 0.0710. The molecule has 0 spiro atoms. The van der Waals surface area contributed by atoms with Gasteiger partial charge in [-0.2, -0.15) is 0 Å². The van der Waals surface area contributed by atoms with Gasteiger partial charge in [0.05, 0.1) is 16.7 Å². The van der Waals surface area contributed by atoms with Crippen LogP contribution in [0.5, 0.6) is 0 Å². The maximum atomic E-state index is 12.8. The van der Waals surface area contributed by atoms with Gasteiger partial charge in [0.15, 0.2) is 0 Å². The molecule has 2 amide bonds. The maximum Gasteiger partial charge on any atom is 0.264 e. The molecule has 5 nitrogen and oxygen atoms in total. The van der Waals surface area contributed by atoms with Gasteiger partial charge in [-0.25, -0.2) is 0 Å². The van der Waals surface area contributed by atoms with E-state index in [1.807, 2.05) is 42.5 Å². The molecule has 0 aromatic heterocycles. The fourth-order valence-electron chi connectivity index (χ4n) is 3.35. The van der Waals surface area contributed by atoms with Crippen molar-refractivity contribution in [2.24, 2.45) is 0 Å². The van der Waals surface area contributed by atoms with Crippen molar-refractivity contribution in [2.45, 2.75) is 23.8 Å². The molecule has 28 heavy (non-hydrogen) atoms. The predicted molar refractivity (Wildman–Crippen MR) is 111 cm³/mol. The highest BCUT2D eigenvalue weighted by molar-refractivity contribution is 8.04. The zero-order valence-corrected chi connectivity index (χ0v) is 16.5. The number of carbonyl (C=O) groups is 2. The van der Waals surface area contributed by atoms with Gasteiger partial charge in [0, 0.05) is 30.7 Å². The number of thioether (sulfide) groups is 1. The van der Waals surface area contributed by atoms with Crippen molar-refractivity contribution in [1.82, 2.24) is 5.32 Å². The third-order valence-electron chi connectivity index (χ3n) is 4.93. The normalized spacial score (nSPS) is 20.3. The van der Waals surface area contributed by atoms with E-state index in [1.165, 1.54) is 11.8 Å². The summed E-state index contributed by atoms with van der Waals surface area (Å²) in [5.74, 6) is -0.215. The Labute approximate surface area is 168 Å². The Morgan fingerprint density at radius 3 is 2.86 bits per heavy atom. The molecule has 1 atom stereocenters. The largest absolute Gasteiger partial charge is 0.376 e. The Morgan fingerprint density at radius 2 is 2.11 bits per heavy atom. The average molecular weight is 394 g/mol. The molecule has 0 bridgehead atoms. The summed E-state index contributed by atoms with van der Waals surface area (Å²) in [4.78, 5) is 28.5. The van der Waals surface area contributed by atoms with Crippen LogP contribution in [-0.2, 0) is 9.53 Å². The Bertz CT molecular complexity index is 921. The first-order valence-corrected chi connectivity index (χ1v) is 10.2. The van der Waals surface area contributed by atoms with Crippen LogP contribution in [0.3, 0.4) is 0 Å². The first-order valence-electron chi connectivity index (χ1n) is 9.38. The first-order chi connectivity index (χ1) is 13.6. The van der Waals surface area contributed by atoms with E-state index in [1.54, 1.807) is 24.1 Å². The number of likely N-dealkylation sites (N-methyl/N-ethyl adjacent to an activating group) is 1. The lowest BCUT2D eigenvalue weighted by Crippen LogP contribution is -2.33. The number of amides is 2. The average Bonchev–Trinajstić information content (AvgIpc) is 3.24. The lowest BCUT2D eigenvalue weighted by molar-refractivity contribution is -0.114. The van der Waals surface area contributed by atoms with Crippen LogP contribution < -0.4 is 10.2 Å². The van der Waals surface area contributed by atoms with Crippen molar-refractivity contribution in [3.8, 4) is 0 Å². The second kappa shape index (κ2) is 8.20. The van der Waals surface area contributed by atoms with E-state index in [-0.39, 0.29) is 17.9 Å². The second-order valence-electron chi connectivity index (χ2n) is 6.91. The molecule has 2 aliphatic heterocycles. The summed E-state index contributed by atoms with van der Waals surface area (Å²) >= 11 is 1.44. The van der Waals surface area contributed by atoms with Gasteiger partial charge in [-0.3, -0.25) is 9.59 Å². The van der Waals surface area contributed by atoms with Gasteiger partial charge in [0.25, 0.3) is 11.8 Å². The Balaban J connectivity index is 1.52. The molecular formula is C22H22N2O3S. The van der Waals surface area contributed by atoms with E-state index in [9.17, 15) is 9.59 Å². The molecule has 2 aliphatic rings. The highest BCUT2D eigenvalue weighted by atomic mass is 32.2. The van der Waals surface area contributed by atoms with Gasteiger partial charge >= 0.3 is 0 Å². The number of anilines is 1. The molecule has 2 heterocycles. The van der Waals surface area contributed by atoms with Crippen LogP contribution in [0.15, 0.2) is 58.3 Å². The number of fused-ring (bicyclic) bond motifs is 1. The van der Waals surface area contributed by atoms with E-state index < -0.39 is 0 Å². The molecule has 0 saturated carbocycles. The summed E-state index contributed by atoms with van der Waals surface area (Å²) in [5.41, 5.74) is 2.29. The molecule has 1 unspecified atom stereocenters. The Morgan fingerprint density at radius 1 is 1.29 bits per heavy atom. The monoisotopic (exact) mass is 394 g/mol. The van der Waals surface area contributed by atoms with E-state index in [2.05, 4.69) is 5.32 Å². The third kappa shape index (κ3) is 3.98. The standard InChI is InChI=1S/C22H22N2O3S/c1-24-18-13-16(21(25)23-14-17-8-5-11-27-17)9-10-19(18)28-20(22(24)26)12-15-6-3-2-4-7-15/h2-4,6-7,9-10,12-13,17H,5,8,11,14H2,1H3,(H,23,25)/b20-12+. The lowest BCUT2D eigenvalue weighted by atomic mass is 10.1. The minimum Gasteiger partial charge on any atom is -0.376 e. The van der Waals surface area contributed by atoms with Crippen molar-refractivity contribution in [3.63, 3.8) is 0 Å². The first kappa shape index (κ1) is 18.8. The molecule has 0 aliphatic carbocycles. The molecule has 6 heteroatoms. The fourth-order valence-corrected chi connectivity index (χ4v) is 4.44. The zero-order chi connectivity index (χ0) is 19.5. The molecule has 144 valence electrons. The summed E-state index contributed by atoms with van der Waals surface area (Å²) in [6, 6.07) is 15.3. The van der Waals surface area contributed by atoms with Crippen LogP contribution in [0.2, 0.25) is 0 Å². The maximum absolute atomic E-state index is 12.8. The highest BCUT2D eigenvalue weighted by Gasteiger charge is 2.27. The molecule has 1 N–H and O–H groups in total. The van der Waals surface area contributed by atoms with Crippen molar-refractivity contribution in [2.75, 3.05) is 25.1 Å². The Kier molecular flexibility index (Phi) is 5.50. The minimum atomic E-state index is -0.144. The fraction of sp³-hybridized carbons (Fsp3) is 0.273. The van der Waals surface area contributed by atoms with E-state index in [4.69, 9.17) is 4.74 Å². The number of rotatable bonds is 4. The van der Waals surface area contributed by atoms with Crippen LogP contribution in [-0.4, -0.2) is 38.1 Å². The van der Waals surface area contributed by atoms with Crippen molar-refractivity contribution in [1.29, 1.82) is 0 Å². The summed E-state index contributed by atoms with van der Waals surface area (Å²) in [6.45, 7) is 1.28. The number of benzene rings is 2. The summed E-state index contributed by atoms with van der Waals surface area (Å²) in [7, 11) is 1.74. The van der Waals surface area contributed by atoms with Gasteiger partial charge in [-0.05, 0) is 42.7 Å². The molecule has 2 aromatic carbocycles. The summed E-state index contributed by atoms with van der Waals surface area (Å²) in [5, 5.41) is 2.93. The van der Waals surface area contributed by atoms with Crippen molar-refractivity contribution < 1.29 is 14.3 Å². The smallest absolute Gasteiger partial charge is 0.264 e. The van der Waals surface area contributed by atoms with Crippen LogP contribution in [0.4, 0.5) is 5.69 Å². The van der Waals surface area contributed by atoms with Crippen LogP contribution in [0, 0.1) is 0 Å². The molecular weight excluding hydrogens is 372 g/mol. The zero-order valence-electron chi connectivity index (χ0n) is 15.7. The molecule has 0 radical (unpaired) electrons. The van der Waals surface area contributed by atoms with Gasteiger partial charge < -0.3 is 15.0 Å². The molecule has 4 rings (SSSR count). The van der Waals surface area contributed by atoms with E-state index in [0.717, 1.165) is 35.6 Å². The number of hydrogen-bond acceptors (Lipinski definition) is 4. The highest BCUT2D eigenvalue weighted by Crippen LogP contribution is 2.41. The number of nitrogens with one attached hydrogen (secondary N) is 1. The number of hydrogen-bond donors (Lipinski definition) is 1. The van der Waals surface area contributed by atoms with Crippen LogP contribution in [0.1, 0.15) is 28.8 Å². The van der Waals surface area contributed by atoms with Gasteiger partial charge in [0.2, 0.25) is 0 Å².